The zero-order valence-electron chi connectivity index (χ0n) is 16.3. The average molecular weight is 398 g/mol. The summed E-state index contributed by atoms with van der Waals surface area (Å²) in [6, 6.07) is 11.7. The SMILES string of the molecule is CC(Cc1ccccc1F)C(=O)N1CCN(C(=O)c2ccc3c(c2)OCO3)CC1. The maximum absolute atomic E-state index is 13.9. The van der Waals surface area contributed by atoms with E-state index < -0.39 is 0 Å². The number of halogens is 1. The Morgan fingerprint density at radius 2 is 1.69 bits per heavy atom. The van der Waals surface area contributed by atoms with Crippen LogP contribution in [-0.4, -0.2) is 54.6 Å². The molecule has 0 aromatic heterocycles. The minimum atomic E-state index is -0.317. The number of carbonyl (C=O) groups is 2. The molecular formula is C22H23FN2O4. The molecule has 2 aromatic rings. The van der Waals surface area contributed by atoms with Crippen molar-refractivity contribution in [3.8, 4) is 11.5 Å². The topological polar surface area (TPSA) is 59.1 Å². The van der Waals surface area contributed by atoms with Crippen LogP contribution in [0.1, 0.15) is 22.8 Å². The number of carbonyl (C=O) groups excluding carboxylic acids is 2. The zero-order chi connectivity index (χ0) is 20.4. The van der Waals surface area contributed by atoms with E-state index in [2.05, 4.69) is 0 Å². The predicted molar refractivity (Wildman–Crippen MR) is 104 cm³/mol. The summed E-state index contributed by atoms with van der Waals surface area (Å²) in [5, 5.41) is 0. The van der Waals surface area contributed by atoms with E-state index in [0.717, 1.165) is 0 Å². The van der Waals surface area contributed by atoms with Crippen molar-refractivity contribution in [2.75, 3.05) is 33.0 Å². The highest BCUT2D eigenvalue weighted by Crippen LogP contribution is 2.32. The number of hydrogen-bond acceptors (Lipinski definition) is 4. The van der Waals surface area contributed by atoms with Gasteiger partial charge in [0, 0.05) is 37.7 Å². The quantitative estimate of drug-likeness (QED) is 0.795. The summed E-state index contributed by atoms with van der Waals surface area (Å²) in [6.45, 7) is 3.85. The molecule has 1 saturated heterocycles. The standard InChI is InChI=1S/C22H23FN2O4/c1-15(12-16-4-2-3-5-18(16)23)21(26)24-8-10-25(11-9-24)22(27)17-6-7-19-20(13-17)29-14-28-19/h2-7,13,15H,8-12,14H2,1H3. The van der Waals surface area contributed by atoms with Gasteiger partial charge in [0.1, 0.15) is 5.82 Å². The molecule has 6 nitrogen and oxygen atoms in total. The van der Waals surface area contributed by atoms with Crippen LogP contribution in [0.5, 0.6) is 11.5 Å². The summed E-state index contributed by atoms with van der Waals surface area (Å²) in [5.74, 6) is 0.514. The summed E-state index contributed by atoms with van der Waals surface area (Å²) in [5.41, 5.74) is 1.09. The Bertz CT molecular complexity index is 925. The first-order chi connectivity index (χ1) is 14.0. The Labute approximate surface area is 168 Å². The van der Waals surface area contributed by atoms with Crippen LogP contribution in [0.2, 0.25) is 0 Å². The third kappa shape index (κ3) is 4.04. The Hall–Kier alpha value is -3.09. The minimum absolute atomic E-state index is 0.0107. The van der Waals surface area contributed by atoms with Crippen LogP contribution in [0.3, 0.4) is 0 Å². The Balaban J connectivity index is 1.33. The van der Waals surface area contributed by atoms with E-state index in [1.807, 2.05) is 6.92 Å². The van der Waals surface area contributed by atoms with E-state index >= 15 is 0 Å². The lowest BCUT2D eigenvalue weighted by Gasteiger charge is -2.36. The lowest BCUT2D eigenvalue weighted by molar-refractivity contribution is -0.136. The average Bonchev–Trinajstić information content (AvgIpc) is 3.22. The van der Waals surface area contributed by atoms with Gasteiger partial charge in [-0.2, -0.15) is 0 Å². The first kappa shape index (κ1) is 19.2. The van der Waals surface area contributed by atoms with Gasteiger partial charge in [-0.25, -0.2) is 4.39 Å². The van der Waals surface area contributed by atoms with Gasteiger partial charge in [0.05, 0.1) is 0 Å². The number of piperazine rings is 1. The molecule has 29 heavy (non-hydrogen) atoms. The van der Waals surface area contributed by atoms with Crippen LogP contribution in [0, 0.1) is 11.7 Å². The molecule has 1 atom stereocenters. The van der Waals surface area contributed by atoms with Gasteiger partial charge < -0.3 is 19.3 Å². The van der Waals surface area contributed by atoms with Crippen molar-refractivity contribution in [2.45, 2.75) is 13.3 Å². The molecule has 1 fully saturated rings. The Kier molecular flexibility index (Phi) is 5.38. The number of hydrogen-bond donors (Lipinski definition) is 0. The second kappa shape index (κ2) is 8.11. The van der Waals surface area contributed by atoms with E-state index in [0.29, 0.717) is 55.2 Å². The van der Waals surface area contributed by atoms with Crippen LogP contribution in [-0.2, 0) is 11.2 Å². The molecule has 0 N–H and O–H groups in total. The van der Waals surface area contributed by atoms with Crippen LogP contribution in [0.4, 0.5) is 4.39 Å². The summed E-state index contributed by atoms with van der Waals surface area (Å²) < 4.78 is 24.5. The summed E-state index contributed by atoms with van der Waals surface area (Å²) in [4.78, 5) is 29.0. The van der Waals surface area contributed by atoms with Crippen molar-refractivity contribution in [1.82, 2.24) is 9.80 Å². The number of ether oxygens (including phenoxy) is 2. The molecule has 7 heteroatoms. The molecule has 1 unspecified atom stereocenters. The lowest BCUT2D eigenvalue weighted by Crippen LogP contribution is -2.51. The molecule has 2 amide bonds. The monoisotopic (exact) mass is 398 g/mol. The van der Waals surface area contributed by atoms with E-state index in [4.69, 9.17) is 9.47 Å². The lowest BCUT2D eigenvalue weighted by atomic mass is 9.99. The summed E-state index contributed by atoms with van der Waals surface area (Å²) >= 11 is 0. The van der Waals surface area contributed by atoms with Gasteiger partial charge in [-0.3, -0.25) is 9.59 Å². The Morgan fingerprint density at radius 3 is 2.45 bits per heavy atom. The highest BCUT2D eigenvalue weighted by Gasteiger charge is 2.28. The smallest absolute Gasteiger partial charge is 0.254 e. The van der Waals surface area contributed by atoms with Gasteiger partial charge in [0.15, 0.2) is 11.5 Å². The predicted octanol–water partition coefficient (Wildman–Crippen LogP) is 2.72. The van der Waals surface area contributed by atoms with Gasteiger partial charge in [-0.15, -0.1) is 0 Å². The van der Waals surface area contributed by atoms with E-state index in [-0.39, 0.29) is 30.3 Å². The number of benzene rings is 2. The minimum Gasteiger partial charge on any atom is -0.454 e. The van der Waals surface area contributed by atoms with Gasteiger partial charge in [0.2, 0.25) is 12.7 Å². The molecule has 0 bridgehead atoms. The van der Waals surface area contributed by atoms with Crippen LogP contribution < -0.4 is 9.47 Å². The normalized spacial score (nSPS) is 16.6. The van der Waals surface area contributed by atoms with Crippen molar-refractivity contribution >= 4 is 11.8 Å². The van der Waals surface area contributed by atoms with Crippen LogP contribution >= 0.6 is 0 Å². The molecule has 2 aliphatic heterocycles. The molecule has 0 spiro atoms. The fraction of sp³-hybridized carbons (Fsp3) is 0.364. The summed E-state index contributed by atoms with van der Waals surface area (Å²) in [7, 11) is 0. The van der Waals surface area contributed by atoms with Crippen molar-refractivity contribution in [3.05, 3.63) is 59.4 Å². The maximum atomic E-state index is 13.9. The molecule has 2 aromatic carbocycles. The highest BCUT2D eigenvalue weighted by molar-refractivity contribution is 5.95. The second-order valence-corrected chi connectivity index (χ2v) is 7.38. The third-order valence-electron chi connectivity index (χ3n) is 5.40. The molecule has 0 saturated carbocycles. The largest absolute Gasteiger partial charge is 0.454 e. The maximum Gasteiger partial charge on any atom is 0.254 e. The molecule has 0 radical (unpaired) electrons. The van der Waals surface area contributed by atoms with E-state index in [1.54, 1.807) is 46.2 Å². The molecule has 2 aliphatic rings. The number of nitrogens with zero attached hydrogens (tertiary/aromatic N) is 2. The van der Waals surface area contributed by atoms with Gasteiger partial charge in [0.25, 0.3) is 5.91 Å². The van der Waals surface area contributed by atoms with Crippen LogP contribution in [0.15, 0.2) is 42.5 Å². The van der Waals surface area contributed by atoms with Gasteiger partial charge >= 0.3 is 0 Å². The van der Waals surface area contributed by atoms with Gasteiger partial charge in [-0.05, 0) is 36.2 Å². The fourth-order valence-corrected chi connectivity index (χ4v) is 3.73. The molecule has 152 valence electrons. The van der Waals surface area contributed by atoms with Gasteiger partial charge in [-0.1, -0.05) is 25.1 Å². The Morgan fingerprint density at radius 1 is 1.00 bits per heavy atom. The van der Waals surface area contributed by atoms with E-state index in [9.17, 15) is 14.0 Å². The first-order valence-corrected chi connectivity index (χ1v) is 9.74. The van der Waals surface area contributed by atoms with Crippen molar-refractivity contribution < 1.29 is 23.5 Å². The van der Waals surface area contributed by atoms with E-state index in [1.165, 1.54) is 6.07 Å². The summed E-state index contributed by atoms with van der Waals surface area (Å²) in [6.07, 6.45) is 0.363. The molecule has 4 rings (SSSR count). The number of amides is 2. The van der Waals surface area contributed by atoms with Crippen LogP contribution in [0.25, 0.3) is 0 Å². The highest BCUT2D eigenvalue weighted by atomic mass is 19.1. The number of fused-ring (bicyclic) bond motifs is 1. The zero-order valence-corrected chi connectivity index (χ0v) is 16.3. The second-order valence-electron chi connectivity index (χ2n) is 7.38. The first-order valence-electron chi connectivity index (χ1n) is 9.74. The molecular weight excluding hydrogens is 375 g/mol. The third-order valence-corrected chi connectivity index (χ3v) is 5.40. The van der Waals surface area contributed by atoms with Crippen molar-refractivity contribution in [1.29, 1.82) is 0 Å². The molecule has 0 aliphatic carbocycles. The molecule has 2 heterocycles. The fourth-order valence-electron chi connectivity index (χ4n) is 3.73. The number of rotatable bonds is 4. The van der Waals surface area contributed by atoms with Crippen molar-refractivity contribution in [2.24, 2.45) is 5.92 Å². The van der Waals surface area contributed by atoms with Crippen molar-refractivity contribution in [3.63, 3.8) is 0 Å².